The first-order valence-corrected chi connectivity index (χ1v) is 8.62. The summed E-state index contributed by atoms with van der Waals surface area (Å²) in [5, 5.41) is 3.55. The Labute approximate surface area is 144 Å². The van der Waals surface area contributed by atoms with Crippen LogP contribution in [0.4, 0.5) is 0 Å². The Morgan fingerprint density at radius 1 is 1.21 bits per heavy atom. The molecule has 1 amide bonds. The molecule has 8 heteroatoms. The predicted molar refractivity (Wildman–Crippen MR) is 90.0 cm³/mol. The second-order valence-corrected chi connectivity index (χ2v) is 6.26. The number of morpholine rings is 1. The average molecular weight is 345 g/mol. The van der Waals surface area contributed by atoms with Crippen molar-refractivity contribution in [1.82, 2.24) is 25.2 Å². The molecular formula is C16H19N5O2S. The molecule has 0 atom stereocenters. The van der Waals surface area contributed by atoms with Crippen molar-refractivity contribution in [3.8, 4) is 0 Å². The van der Waals surface area contributed by atoms with Crippen LogP contribution < -0.4 is 5.32 Å². The fourth-order valence-corrected chi connectivity index (χ4v) is 3.02. The van der Waals surface area contributed by atoms with Gasteiger partial charge in [-0.3, -0.25) is 14.7 Å². The molecule has 126 valence electrons. The first kappa shape index (κ1) is 16.8. The number of ether oxygens (including phenoxy) is 1. The maximum absolute atomic E-state index is 12.2. The van der Waals surface area contributed by atoms with Crippen LogP contribution in [-0.2, 0) is 4.74 Å². The Morgan fingerprint density at radius 2 is 2.00 bits per heavy atom. The van der Waals surface area contributed by atoms with Crippen molar-refractivity contribution in [1.29, 1.82) is 0 Å². The van der Waals surface area contributed by atoms with Gasteiger partial charge in [0, 0.05) is 49.7 Å². The third-order valence-electron chi connectivity index (χ3n) is 3.53. The van der Waals surface area contributed by atoms with Crippen molar-refractivity contribution in [2.75, 3.05) is 39.4 Å². The van der Waals surface area contributed by atoms with E-state index in [-0.39, 0.29) is 5.91 Å². The third-order valence-corrected chi connectivity index (χ3v) is 4.42. The highest BCUT2D eigenvalue weighted by Crippen LogP contribution is 2.23. The fraction of sp³-hybridized carbons (Fsp3) is 0.375. The summed E-state index contributed by atoms with van der Waals surface area (Å²) in [5.41, 5.74) is 0.401. The van der Waals surface area contributed by atoms with Crippen LogP contribution in [0.25, 0.3) is 0 Å². The second-order valence-electron chi connectivity index (χ2n) is 5.22. The summed E-state index contributed by atoms with van der Waals surface area (Å²) in [4.78, 5) is 27.9. The van der Waals surface area contributed by atoms with Gasteiger partial charge >= 0.3 is 0 Å². The van der Waals surface area contributed by atoms with Gasteiger partial charge in [-0.1, -0.05) is 0 Å². The number of amides is 1. The Balaban J connectivity index is 1.52. The third kappa shape index (κ3) is 4.98. The molecular weight excluding hydrogens is 326 g/mol. The molecule has 7 nitrogen and oxygen atoms in total. The van der Waals surface area contributed by atoms with Crippen molar-refractivity contribution in [3.63, 3.8) is 0 Å². The number of carbonyl (C=O) groups excluding carboxylic acids is 1. The van der Waals surface area contributed by atoms with E-state index in [0.717, 1.165) is 37.7 Å². The van der Waals surface area contributed by atoms with E-state index in [9.17, 15) is 4.79 Å². The average Bonchev–Trinajstić information content (AvgIpc) is 2.64. The molecule has 1 aliphatic rings. The van der Waals surface area contributed by atoms with Crippen LogP contribution in [0.15, 0.2) is 46.8 Å². The van der Waals surface area contributed by atoms with E-state index < -0.39 is 0 Å². The van der Waals surface area contributed by atoms with Gasteiger partial charge in [-0.05, 0) is 30.0 Å². The van der Waals surface area contributed by atoms with Gasteiger partial charge in [0.2, 0.25) is 0 Å². The minimum Gasteiger partial charge on any atom is -0.379 e. The van der Waals surface area contributed by atoms with Crippen molar-refractivity contribution in [2.24, 2.45) is 0 Å². The zero-order chi connectivity index (χ0) is 16.6. The number of rotatable bonds is 6. The molecule has 0 unspecified atom stereocenters. The number of carbonyl (C=O) groups is 1. The van der Waals surface area contributed by atoms with Crippen LogP contribution in [0.5, 0.6) is 0 Å². The summed E-state index contributed by atoms with van der Waals surface area (Å²) in [5.74, 6) is -0.167. The summed E-state index contributed by atoms with van der Waals surface area (Å²) in [7, 11) is 0. The molecule has 0 aromatic carbocycles. The first-order chi connectivity index (χ1) is 11.8. The molecule has 1 saturated heterocycles. The number of nitrogens with zero attached hydrogens (tertiary/aromatic N) is 4. The van der Waals surface area contributed by atoms with Gasteiger partial charge in [-0.25, -0.2) is 9.97 Å². The lowest BCUT2D eigenvalue weighted by molar-refractivity contribution is 0.0383. The molecule has 3 heterocycles. The maximum Gasteiger partial charge on any atom is 0.269 e. The second kappa shape index (κ2) is 8.72. The quantitative estimate of drug-likeness (QED) is 0.785. The molecule has 3 rings (SSSR count). The number of hydrogen-bond acceptors (Lipinski definition) is 7. The molecule has 24 heavy (non-hydrogen) atoms. The van der Waals surface area contributed by atoms with E-state index in [4.69, 9.17) is 4.74 Å². The van der Waals surface area contributed by atoms with Crippen LogP contribution >= 0.6 is 11.8 Å². The molecule has 0 bridgehead atoms. The molecule has 0 saturated carbocycles. The molecule has 0 radical (unpaired) electrons. The minimum absolute atomic E-state index is 0.167. The number of pyridine rings is 1. The standard InChI is InChI=1S/C16H19N5O2S/c22-15(18-6-7-21-8-10-23-11-9-21)14-12-13(2-5-17-14)24-16-19-3-1-4-20-16/h1-5,12H,6-11H2,(H,18,22). The van der Waals surface area contributed by atoms with Gasteiger partial charge in [0.05, 0.1) is 13.2 Å². The summed E-state index contributed by atoms with van der Waals surface area (Å²) >= 11 is 1.40. The highest BCUT2D eigenvalue weighted by Gasteiger charge is 2.12. The van der Waals surface area contributed by atoms with Crippen molar-refractivity contribution in [2.45, 2.75) is 10.1 Å². The summed E-state index contributed by atoms with van der Waals surface area (Å²) in [6, 6.07) is 5.36. The van der Waals surface area contributed by atoms with E-state index in [1.165, 1.54) is 11.8 Å². The fourth-order valence-electron chi connectivity index (χ4n) is 2.29. The van der Waals surface area contributed by atoms with Crippen LogP contribution in [-0.4, -0.2) is 65.2 Å². The minimum atomic E-state index is -0.167. The molecule has 0 spiro atoms. The lowest BCUT2D eigenvalue weighted by Crippen LogP contribution is -2.41. The van der Waals surface area contributed by atoms with Crippen LogP contribution in [0, 0.1) is 0 Å². The van der Waals surface area contributed by atoms with E-state index in [1.54, 1.807) is 30.7 Å². The van der Waals surface area contributed by atoms with Crippen molar-refractivity contribution in [3.05, 3.63) is 42.5 Å². The topological polar surface area (TPSA) is 80.2 Å². The number of aromatic nitrogens is 3. The Hall–Kier alpha value is -2.03. The van der Waals surface area contributed by atoms with Gasteiger partial charge < -0.3 is 10.1 Å². The number of nitrogens with one attached hydrogen (secondary N) is 1. The highest BCUT2D eigenvalue weighted by molar-refractivity contribution is 7.99. The smallest absolute Gasteiger partial charge is 0.269 e. The van der Waals surface area contributed by atoms with E-state index in [0.29, 0.717) is 17.4 Å². The van der Waals surface area contributed by atoms with Crippen LogP contribution in [0.2, 0.25) is 0 Å². The molecule has 1 aliphatic heterocycles. The predicted octanol–water partition coefficient (Wildman–Crippen LogP) is 1.08. The van der Waals surface area contributed by atoms with Gasteiger partial charge in [0.25, 0.3) is 5.91 Å². The molecule has 2 aromatic rings. The zero-order valence-electron chi connectivity index (χ0n) is 13.2. The van der Waals surface area contributed by atoms with Crippen LogP contribution in [0.1, 0.15) is 10.5 Å². The Kier molecular flexibility index (Phi) is 6.11. The lowest BCUT2D eigenvalue weighted by atomic mass is 10.3. The van der Waals surface area contributed by atoms with Crippen LogP contribution in [0.3, 0.4) is 0 Å². The Bertz CT molecular complexity index is 665. The van der Waals surface area contributed by atoms with Gasteiger partial charge in [0.1, 0.15) is 5.69 Å². The molecule has 0 aliphatic carbocycles. The van der Waals surface area contributed by atoms with Crippen molar-refractivity contribution >= 4 is 17.7 Å². The summed E-state index contributed by atoms with van der Waals surface area (Å²) < 4.78 is 5.31. The van der Waals surface area contributed by atoms with Crippen molar-refractivity contribution < 1.29 is 9.53 Å². The van der Waals surface area contributed by atoms with Gasteiger partial charge in [-0.2, -0.15) is 0 Å². The first-order valence-electron chi connectivity index (χ1n) is 7.80. The van der Waals surface area contributed by atoms with E-state index in [2.05, 4.69) is 25.2 Å². The number of hydrogen-bond donors (Lipinski definition) is 1. The summed E-state index contributed by atoms with van der Waals surface area (Å²) in [6.07, 6.45) is 5.01. The molecule has 2 aromatic heterocycles. The SMILES string of the molecule is O=C(NCCN1CCOCC1)c1cc(Sc2ncccn2)ccn1. The van der Waals surface area contributed by atoms with E-state index in [1.807, 2.05) is 6.07 Å². The Morgan fingerprint density at radius 3 is 2.79 bits per heavy atom. The monoisotopic (exact) mass is 345 g/mol. The zero-order valence-corrected chi connectivity index (χ0v) is 14.0. The molecule has 1 N–H and O–H groups in total. The van der Waals surface area contributed by atoms with E-state index >= 15 is 0 Å². The maximum atomic E-state index is 12.2. The normalized spacial score (nSPS) is 15.2. The van der Waals surface area contributed by atoms with Gasteiger partial charge in [0.15, 0.2) is 5.16 Å². The molecule has 1 fully saturated rings. The lowest BCUT2D eigenvalue weighted by Gasteiger charge is -2.26. The largest absolute Gasteiger partial charge is 0.379 e. The highest BCUT2D eigenvalue weighted by atomic mass is 32.2. The summed E-state index contributed by atoms with van der Waals surface area (Å²) in [6.45, 7) is 4.77. The van der Waals surface area contributed by atoms with Gasteiger partial charge in [-0.15, -0.1) is 0 Å².